The Balaban J connectivity index is 1.83. The number of piperidine rings is 1. The first kappa shape index (κ1) is 16.3. The summed E-state index contributed by atoms with van der Waals surface area (Å²) < 4.78 is 10.2. The topological polar surface area (TPSA) is 59.8 Å². The van der Waals surface area contributed by atoms with Gasteiger partial charge in [-0.1, -0.05) is 37.3 Å². The fourth-order valence-corrected chi connectivity index (χ4v) is 3.30. The highest BCUT2D eigenvalue weighted by Gasteiger charge is 2.35. The number of likely N-dealkylation sites (tertiary alicyclic amines) is 1. The standard InChI is InChI=1S/C19H21NO4/c1-19(14-7-4-3-5-8-14)9-6-10-20(13-19)18(22)16-11-15(21)17(23-2)12-24-16/h3-5,7-8,11-12H,6,9-10,13H2,1-2H3/t19-/m1/s1. The van der Waals surface area contributed by atoms with Crippen molar-refractivity contribution in [2.24, 2.45) is 0 Å². The lowest BCUT2D eigenvalue weighted by Crippen LogP contribution is -2.47. The summed E-state index contributed by atoms with van der Waals surface area (Å²) in [7, 11) is 1.39. The van der Waals surface area contributed by atoms with E-state index < -0.39 is 0 Å². The first-order chi connectivity index (χ1) is 11.5. The molecule has 1 aromatic carbocycles. The molecule has 24 heavy (non-hydrogen) atoms. The molecule has 2 aromatic rings. The van der Waals surface area contributed by atoms with Crippen LogP contribution in [0.3, 0.4) is 0 Å². The number of benzene rings is 1. The molecule has 1 saturated heterocycles. The number of hydrogen-bond acceptors (Lipinski definition) is 4. The Kier molecular flexibility index (Phi) is 4.42. The molecule has 126 valence electrons. The second kappa shape index (κ2) is 6.51. The summed E-state index contributed by atoms with van der Waals surface area (Å²) in [4.78, 5) is 26.3. The van der Waals surface area contributed by atoms with E-state index in [-0.39, 0.29) is 28.3 Å². The predicted molar refractivity (Wildman–Crippen MR) is 90.5 cm³/mol. The largest absolute Gasteiger partial charge is 0.490 e. The Hall–Kier alpha value is -2.56. The van der Waals surface area contributed by atoms with Gasteiger partial charge in [0.05, 0.1) is 7.11 Å². The van der Waals surface area contributed by atoms with Gasteiger partial charge in [-0.15, -0.1) is 0 Å². The van der Waals surface area contributed by atoms with Crippen LogP contribution in [0.1, 0.15) is 35.9 Å². The molecule has 0 bridgehead atoms. The summed E-state index contributed by atoms with van der Waals surface area (Å²) in [6, 6.07) is 11.4. The quantitative estimate of drug-likeness (QED) is 0.870. The molecule has 0 saturated carbocycles. The fourth-order valence-electron chi connectivity index (χ4n) is 3.30. The van der Waals surface area contributed by atoms with Crippen LogP contribution in [-0.2, 0) is 5.41 Å². The highest BCUT2D eigenvalue weighted by molar-refractivity contribution is 5.91. The van der Waals surface area contributed by atoms with E-state index in [2.05, 4.69) is 19.1 Å². The van der Waals surface area contributed by atoms with Crippen molar-refractivity contribution in [2.45, 2.75) is 25.2 Å². The van der Waals surface area contributed by atoms with Crippen molar-refractivity contribution in [3.63, 3.8) is 0 Å². The molecule has 1 fully saturated rings. The van der Waals surface area contributed by atoms with Crippen LogP contribution in [0, 0.1) is 0 Å². The lowest BCUT2D eigenvalue weighted by atomic mass is 9.76. The number of rotatable bonds is 3. The Bertz CT molecular complexity index is 783. The molecule has 1 amide bonds. The number of nitrogens with zero attached hydrogens (tertiary/aromatic N) is 1. The van der Waals surface area contributed by atoms with Crippen LogP contribution in [0.2, 0.25) is 0 Å². The first-order valence-electron chi connectivity index (χ1n) is 8.05. The van der Waals surface area contributed by atoms with Crippen LogP contribution in [0.15, 0.2) is 51.9 Å². The van der Waals surface area contributed by atoms with Gasteiger partial charge in [0.25, 0.3) is 5.91 Å². The Morgan fingerprint density at radius 3 is 2.71 bits per heavy atom. The SMILES string of the molecule is COc1coc(C(=O)N2CCC[C@@](C)(c3ccccc3)C2)cc1=O. The van der Waals surface area contributed by atoms with Crippen molar-refractivity contribution in [2.75, 3.05) is 20.2 Å². The molecular weight excluding hydrogens is 306 g/mol. The summed E-state index contributed by atoms with van der Waals surface area (Å²) in [5, 5.41) is 0. The van der Waals surface area contributed by atoms with Gasteiger partial charge < -0.3 is 14.1 Å². The number of methoxy groups -OCH3 is 1. The maximum Gasteiger partial charge on any atom is 0.289 e. The van der Waals surface area contributed by atoms with Gasteiger partial charge in [-0.05, 0) is 18.4 Å². The third-order valence-electron chi connectivity index (χ3n) is 4.68. The highest BCUT2D eigenvalue weighted by Crippen LogP contribution is 2.34. The maximum atomic E-state index is 12.7. The van der Waals surface area contributed by atoms with Crippen molar-refractivity contribution in [3.05, 3.63) is 64.2 Å². The Morgan fingerprint density at radius 1 is 1.29 bits per heavy atom. The van der Waals surface area contributed by atoms with Crippen LogP contribution in [0.5, 0.6) is 5.75 Å². The summed E-state index contributed by atoms with van der Waals surface area (Å²) in [5.41, 5.74) is 0.774. The van der Waals surface area contributed by atoms with E-state index in [1.807, 2.05) is 18.2 Å². The second-order valence-electron chi connectivity index (χ2n) is 6.43. The van der Waals surface area contributed by atoms with E-state index in [0.29, 0.717) is 13.1 Å². The second-order valence-corrected chi connectivity index (χ2v) is 6.43. The van der Waals surface area contributed by atoms with Gasteiger partial charge in [-0.3, -0.25) is 9.59 Å². The van der Waals surface area contributed by atoms with E-state index in [0.717, 1.165) is 12.8 Å². The minimum Gasteiger partial charge on any atom is -0.490 e. The van der Waals surface area contributed by atoms with E-state index in [1.165, 1.54) is 25.0 Å². The van der Waals surface area contributed by atoms with E-state index in [9.17, 15) is 9.59 Å². The molecule has 1 aromatic heterocycles. The van der Waals surface area contributed by atoms with Gasteiger partial charge in [-0.25, -0.2) is 0 Å². The molecule has 0 N–H and O–H groups in total. The molecule has 1 aliphatic rings. The van der Waals surface area contributed by atoms with Crippen molar-refractivity contribution in [3.8, 4) is 5.75 Å². The zero-order valence-electron chi connectivity index (χ0n) is 14.0. The molecular formula is C19H21NO4. The van der Waals surface area contributed by atoms with Crippen LogP contribution in [0.4, 0.5) is 0 Å². The minimum absolute atomic E-state index is 0.0538. The number of hydrogen-bond donors (Lipinski definition) is 0. The molecule has 3 rings (SSSR count). The monoisotopic (exact) mass is 327 g/mol. The summed E-state index contributed by atoms with van der Waals surface area (Å²) in [5.74, 6) is -0.103. The van der Waals surface area contributed by atoms with Gasteiger partial charge in [0.2, 0.25) is 11.2 Å². The molecule has 5 heteroatoms. The number of ether oxygens (including phenoxy) is 1. The Morgan fingerprint density at radius 2 is 2.04 bits per heavy atom. The first-order valence-corrected chi connectivity index (χ1v) is 8.05. The van der Waals surface area contributed by atoms with E-state index in [4.69, 9.17) is 9.15 Å². The lowest BCUT2D eigenvalue weighted by molar-refractivity contribution is 0.0615. The third-order valence-corrected chi connectivity index (χ3v) is 4.68. The highest BCUT2D eigenvalue weighted by atomic mass is 16.5. The van der Waals surface area contributed by atoms with E-state index >= 15 is 0 Å². The molecule has 1 aliphatic heterocycles. The molecule has 2 heterocycles. The van der Waals surface area contributed by atoms with E-state index in [1.54, 1.807) is 4.90 Å². The molecule has 0 aliphatic carbocycles. The van der Waals surface area contributed by atoms with Crippen LogP contribution >= 0.6 is 0 Å². The van der Waals surface area contributed by atoms with Crippen molar-refractivity contribution in [1.82, 2.24) is 4.90 Å². The van der Waals surface area contributed by atoms with Crippen molar-refractivity contribution < 1.29 is 13.9 Å². The van der Waals surface area contributed by atoms with Gasteiger partial charge in [0.15, 0.2) is 5.76 Å². The maximum absolute atomic E-state index is 12.7. The molecule has 5 nitrogen and oxygen atoms in total. The molecule has 0 spiro atoms. The predicted octanol–water partition coefficient (Wildman–Crippen LogP) is 2.84. The molecule has 0 unspecified atom stereocenters. The smallest absolute Gasteiger partial charge is 0.289 e. The van der Waals surface area contributed by atoms with Gasteiger partial charge in [-0.2, -0.15) is 0 Å². The zero-order chi connectivity index (χ0) is 17.2. The Labute approximate surface area is 140 Å². The van der Waals surface area contributed by atoms with Crippen molar-refractivity contribution >= 4 is 5.91 Å². The van der Waals surface area contributed by atoms with Crippen LogP contribution in [0.25, 0.3) is 0 Å². The van der Waals surface area contributed by atoms with Crippen LogP contribution in [-0.4, -0.2) is 31.0 Å². The fraction of sp³-hybridized carbons (Fsp3) is 0.368. The number of carbonyl (C=O) groups is 1. The zero-order valence-corrected chi connectivity index (χ0v) is 14.0. The van der Waals surface area contributed by atoms with Crippen LogP contribution < -0.4 is 10.2 Å². The minimum atomic E-state index is -0.352. The third kappa shape index (κ3) is 3.07. The summed E-state index contributed by atoms with van der Waals surface area (Å²) in [6.07, 6.45) is 3.13. The molecule has 1 atom stereocenters. The van der Waals surface area contributed by atoms with Gasteiger partial charge in [0, 0.05) is 24.6 Å². The lowest BCUT2D eigenvalue weighted by Gasteiger charge is -2.40. The summed E-state index contributed by atoms with van der Waals surface area (Å²) in [6.45, 7) is 3.44. The van der Waals surface area contributed by atoms with Gasteiger partial charge in [0.1, 0.15) is 6.26 Å². The normalized spacial score (nSPS) is 20.7. The molecule has 0 radical (unpaired) electrons. The average Bonchev–Trinajstić information content (AvgIpc) is 2.62. The average molecular weight is 327 g/mol. The number of amides is 1. The summed E-state index contributed by atoms with van der Waals surface area (Å²) >= 11 is 0. The van der Waals surface area contributed by atoms with Crippen molar-refractivity contribution in [1.29, 1.82) is 0 Å². The number of carbonyl (C=O) groups excluding carboxylic acids is 1. The van der Waals surface area contributed by atoms with Gasteiger partial charge >= 0.3 is 0 Å².